The van der Waals surface area contributed by atoms with Crippen molar-refractivity contribution in [2.75, 3.05) is 26.6 Å². The lowest BCUT2D eigenvalue weighted by Crippen LogP contribution is -2.13. The van der Waals surface area contributed by atoms with Crippen LogP contribution >= 0.6 is 0 Å². The number of ether oxygens (including phenoxy) is 3. The molecule has 1 amide bonds. The first-order chi connectivity index (χ1) is 15.9. The van der Waals surface area contributed by atoms with Crippen molar-refractivity contribution >= 4 is 23.2 Å². The van der Waals surface area contributed by atoms with E-state index in [1.807, 2.05) is 12.1 Å². The van der Waals surface area contributed by atoms with Crippen LogP contribution < -0.4 is 19.5 Å². The molecular formula is C23H20N4O6. The summed E-state index contributed by atoms with van der Waals surface area (Å²) in [6, 6.07) is 13.1. The molecule has 0 aliphatic carbocycles. The minimum Gasteiger partial charge on any atom is -0.496 e. The molecule has 0 spiro atoms. The number of benzene rings is 2. The summed E-state index contributed by atoms with van der Waals surface area (Å²) in [5.41, 5.74) is 2.47. The molecule has 0 saturated carbocycles. The number of carbonyl (C=O) groups is 2. The third-order valence-corrected chi connectivity index (χ3v) is 4.96. The van der Waals surface area contributed by atoms with E-state index in [-0.39, 0.29) is 17.0 Å². The van der Waals surface area contributed by atoms with Crippen molar-refractivity contribution in [1.82, 2.24) is 14.6 Å². The first-order valence-electron chi connectivity index (χ1n) is 9.75. The van der Waals surface area contributed by atoms with Crippen molar-refractivity contribution in [2.45, 2.75) is 0 Å². The predicted molar refractivity (Wildman–Crippen MR) is 119 cm³/mol. The normalized spacial score (nSPS) is 10.6. The number of hydrogen-bond acceptors (Lipinski definition) is 7. The molecule has 0 unspecified atom stereocenters. The number of methoxy groups -OCH3 is 3. The summed E-state index contributed by atoms with van der Waals surface area (Å²) in [7, 11) is 4.47. The van der Waals surface area contributed by atoms with Crippen LogP contribution in [0, 0.1) is 0 Å². The molecule has 33 heavy (non-hydrogen) atoms. The number of aromatic carboxylic acids is 1. The summed E-state index contributed by atoms with van der Waals surface area (Å²) in [6.07, 6.45) is 1.63. The van der Waals surface area contributed by atoms with Gasteiger partial charge in [-0.2, -0.15) is 5.10 Å². The van der Waals surface area contributed by atoms with E-state index in [1.54, 1.807) is 43.1 Å². The Morgan fingerprint density at radius 1 is 0.909 bits per heavy atom. The van der Waals surface area contributed by atoms with Crippen molar-refractivity contribution in [2.24, 2.45) is 0 Å². The molecule has 10 nitrogen and oxygen atoms in total. The van der Waals surface area contributed by atoms with Gasteiger partial charge in [-0.3, -0.25) is 4.79 Å². The molecule has 2 aromatic heterocycles. The Labute approximate surface area is 188 Å². The van der Waals surface area contributed by atoms with Crippen LogP contribution in [0.2, 0.25) is 0 Å². The SMILES string of the molecule is COc1ccc(-c2ccnc3cc(C(=O)Nc4ccc(C(=O)O)c(OC)c4)nn23)cc1OC. The first kappa shape index (κ1) is 21.6. The Bertz CT molecular complexity index is 1360. The van der Waals surface area contributed by atoms with Crippen molar-refractivity contribution in [3.05, 3.63) is 66.0 Å². The van der Waals surface area contributed by atoms with E-state index in [0.29, 0.717) is 28.5 Å². The average Bonchev–Trinajstić information content (AvgIpc) is 3.28. The second-order valence-corrected chi connectivity index (χ2v) is 6.87. The van der Waals surface area contributed by atoms with E-state index in [4.69, 9.17) is 14.2 Å². The second kappa shape index (κ2) is 8.87. The molecule has 4 aromatic rings. The second-order valence-electron chi connectivity index (χ2n) is 6.87. The molecule has 0 aliphatic rings. The number of aromatic nitrogens is 3. The maximum atomic E-state index is 12.8. The number of carboxylic acids is 1. The van der Waals surface area contributed by atoms with Gasteiger partial charge in [0, 0.05) is 29.6 Å². The number of rotatable bonds is 7. The molecule has 0 saturated heterocycles. The van der Waals surface area contributed by atoms with Gasteiger partial charge in [0.1, 0.15) is 11.3 Å². The van der Waals surface area contributed by atoms with Crippen LogP contribution in [0.5, 0.6) is 17.2 Å². The van der Waals surface area contributed by atoms with Crippen LogP contribution in [-0.2, 0) is 0 Å². The molecule has 0 radical (unpaired) electrons. The molecule has 2 N–H and O–H groups in total. The quantitative estimate of drug-likeness (QED) is 0.441. The van der Waals surface area contributed by atoms with Gasteiger partial charge >= 0.3 is 5.97 Å². The molecule has 2 aromatic carbocycles. The van der Waals surface area contributed by atoms with Crippen LogP contribution in [0.15, 0.2) is 54.7 Å². The molecule has 2 heterocycles. The minimum atomic E-state index is -1.13. The van der Waals surface area contributed by atoms with E-state index in [1.165, 1.54) is 25.3 Å². The van der Waals surface area contributed by atoms with Crippen LogP contribution in [0.3, 0.4) is 0 Å². The van der Waals surface area contributed by atoms with Gasteiger partial charge < -0.3 is 24.6 Å². The predicted octanol–water partition coefficient (Wildman–Crippen LogP) is 3.37. The fraction of sp³-hybridized carbons (Fsp3) is 0.130. The minimum absolute atomic E-state index is 0.00742. The van der Waals surface area contributed by atoms with Gasteiger partial charge in [0.05, 0.1) is 27.0 Å². The fourth-order valence-corrected chi connectivity index (χ4v) is 3.36. The summed E-state index contributed by atoms with van der Waals surface area (Å²) in [5.74, 6) is -0.323. The Kier molecular flexibility index (Phi) is 5.81. The smallest absolute Gasteiger partial charge is 0.339 e. The number of carboxylic acid groups (broad SMARTS) is 1. The van der Waals surface area contributed by atoms with Gasteiger partial charge in [0.2, 0.25) is 0 Å². The summed E-state index contributed by atoms with van der Waals surface area (Å²) in [6.45, 7) is 0. The number of nitrogens with one attached hydrogen (secondary N) is 1. The third-order valence-electron chi connectivity index (χ3n) is 4.96. The van der Waals surface area contributed by atoms with E-state index >= 15 is 0 Å². The van der Waals surface area contributed by atoms with E-state index < -0.39 is 11.9 Å². The van der Waals surface area contributed by atoms with Crippen molar-refractivity contribution < 1.29 is 28.9 Å². The molecule has 0 atom stereocenters. The molecule has 0 fully saturated rings. The monoisotopic (exact) mass is 448 g/mol. The van der Waals surface area contributed by atoms with Crippen molar-refractivity contribution in [1.29, 1.82) is 0 Å². The lowest BCUT2D eigenvalue weighted by molar-refractivity contribution is 0.0693. The third kappa shape index (κ3) is 4.13. The van der Waals surface area contributed by atoms with Gasteiger partial charge in [-0.25, -0.2) is 14.3 Å². The number of nitrogens with zero attached hydrogens (tertiary/aromatic N) is 3. The van der Waals surface area contributed by atoms with Crippen molar-refractivity contribution in [3.8, 4) is 28.5 Å². The van der Waals surface area contributed by atoms with Crippen LogP contribution in [0.1, 0.15) is 20.8 Å². The van der Waals surface area contributed by atoms with Crippen LogP contribution in [-0.4, -0.2) is 52.9 Å². The number of carbonyl (C=O) groups excluding carboxylic acids is 1. The molecule has 10 heteroatoms. The van der Waals surface area contributed by atoms with Gasteiger partial charge in [-0.1, -0.05) is 0 Å². The standard InChI is InChI=1S/C23H20N4O6/c1-31-18-7-4-13(10-20(18)33-3)17-8-9-24-21-12-16(26-27(17)21)22(28)25-14-5-6-15(23(29)30)19(11-14)32-2/h4-12H,1-3H3,(H,25,28)(H,29,30). The van der Waals surface area contributed by atoms with Crippen LogP contribution in [0.4, 0.5) is 5.69 Å². The number of anilines is 1. The highest BCUT2D eigenvalue weighted by Crippen LogP contribution is 2.32. The summed E-state index contributed by atoms with van der Waals surface area (Å²) >= 11 is 0. The maximum Gasteiger partial charge on any atom is 0.339 e. The zero-order valence-electron chi connectivity index (χ0n) is 18.0. The summed E-state index contributed by atoms with van der Waals surface area (Å²) in [4.78, 5) is 28.4. The van der Waals surface area contributed by atoms with E-state index in [2.05, 4.69) is 15.4 Å². The largest absolute Gasteiger partial charge is 0.496 e. The Balaban J connectivity index is 1.67. The maximum absolute atomic E-state index is 12.8. The Morgan fingerprint density at radius 2 is 1.67 bits per heavy atom. The lowest BCUT2D eigenvalue weighted by Gasteiger charge is -2.10. The Morgan fingerprint density at radius 3 is 2.36 bits per heavy atom. The highest BCUT2D eigenvalue weighted by atomic mass is 16.5. The van der Waals surface area contributed by atoms with E-state index in [9.17, 15) is 14.7 Å². The highest BCUT2D eigenvalue weighted by Gasteiger charge is 2.17. The summed E-state index contributed by atoms with van der Waals surface area (Å²) in [5, 5.41) is 16.3. The lowest BCUT2D eigenvalue weighted by atomic mass is 10.1. The van der Waals surface area contributed by atoms with E-state index in [0.717, 1.165) is 5.56 Å². The average molecular weight is 448 g/mol. The topological polar surface area (TPSA) is 124 Å². The van der Waals surface area contributed by atoms with Gasteiger partial charge in [-0.15, -0.1) is 0 Å². The number of hydrogen-bond donors (Lipinski definition) is 2. The van der Waals surface area contributed by atoms with Gasteiger partial charge in [0.15, 0.2) is 22.8 Å². The fourth-order valence-electron chi connectivity index (χ4n) is 3.36. The Hall–Kier alpha value is -4.60. The van der Waals surface area contributed by atoms with Crippen LogP contribution in [0.25, 0.3) is 16.9 Å². The zero-order chi connectivity index (χ0) is 23.5. The summed E-state index contributed by atoms with van der Waals surface area (Å²) < 4.78 is 17.3. The zero-order valence-corrected chi connectivity index (χ0v) is 18.0. The molecule has 168 valence electrons. The number of fused-ring (bicyclic) bond motifs is 1. The molecule has 4 rings (SSSR count). The van der Waals surface area contributed by atoms with Gasteiger partial charge in [0.25, 0.3) is 5.91 Å². The molecule has 0 aliphatic heterocycles. The first-order valence-corrected chi connectivity index (χ1v) is 9.75. The van der Waals surface area contributed by atoms with Crippen molar-refractivity contribution in [3.63, 3.8) is 0 Å². The highest BCUT2D eigenvalue weighted by molar-refractivity contribution is 6.04. The number of amides is 1. The molecular weight excluding hydrogens is 428 g/mol. The van der Waals surface area contributed by atoms with Gasteiger partial charge in [-0.05, 0) is 36.4 Å². The molecule has 0 bridgehead atoms.